The lowest BCUT2D eigenvalue weighted by atomic mass is 9.87. The van der Waals surface area contributed by atoms with Gasteiger partial charge in [-0.15, -0.1) is 0 Å². The molecule has 2 heterocycles. The van der Waals surface area contributed by atoms with Crippen LogP contribution in [0.25, 0.3) is 11.5 Å². The molecule has 0 aliphatic carbocycles. The minimum Gasteiger partial charge on any atom is -0.441 e. The zero-order valence-electron chi connectivity index (χ0n) is 20.6. The van der Waals surface area contributed by atoms with Gasteiger partial charge in [0.1, 0.15) is 11.3 Å². The van der Waals surface area contributed by atoms with Gasteiger partial charge in [0.2, 0.25) is 17.7 Å². The number of carbonyl (C=O) groups excluding carboxylic acids is 3. The molecule has 1 aliphatic rings. The van der Waals surface area contributed by atoms with Crippen molar-refractivity contribution in [3.05, 3.63) is 76.6 Å². The van der Waals surface area contributed by atoms with Crippen LogP contribution in [0.3, 0.4) is 0 Å². The number of amides is 3. The molecule has 0 atom stereocenters. The number of aryl methyl sites for hydroxylation is 1. The summed E-state index contributed by atoms with van der Waals surface area (Å²) in [5.74, 6) is 0.188. The molecule has 0 unspecified atom stereocenters. The summed E-state index contributed by atoms with van der Waals surface area (Å²) in [5.41, 5.74) is 0.805. The van der Waals surface area contributed by atoms with E-state index in [-0.39, 0.29) is 37.2 Å². The summed E-state index contributed by atoms with van der Waals surface area (Å²) in [6, 6.07) is 16.0. The first-order valence-corrected chi connectivity index (χ1v) is 12.6. The Morgan fingerprint density at radius 1 is 1.00 bits per heavy atom. The van der Waals surface area contributed by atoms with Crippen molar-refractivity contribution in [1.29, 1.82) is 0 Å². The first-order chi connectivity index (χ1) is 17.9. The second-order valence-corrected chi connectivity index (χ2v) is 9.40. The van der Waals surface area contributed by atoms with Gasteiger partial charge >= 0.3 is 0 Å². The van der Waals surface area contributed by atoms with E-state index in [1.54, 1.807) is 31.2 Å². The van der Waals surface area contributed by atoms with Crippen LogP contribution in [-0.4, -0.2) is 54.4 Å². The van der Waals surface area contributed by atoms with Gasteiger partial charge in [0.05, 0.1) is 12.1 Å². The Labute approximate surface area is 220 Å². The molecular formula is C27H30ClN5O4. The summed E-state index contributed by atoms with van der Waals surface area (Å²) in [4.78, 5) is 43.0. The van der Waals surface area contributed by atoms with Crippen molar-refractivity contribution in [3.8, 4) is 11.5 Å². The number of nitrogens with one attached hydrogen (secondary N) is 4. The normalized spacial score (nSPS) is 14.5. The minimum atomic E-state index is -1.04. The van der Waals surface area contributed by atoms with E-state index in [4.69, 9.17) is 16.0 Å². The van der Waals surface area contributed by atoms with Crippen LogP contribution in [0.5, 0.6) is 0 Å². The zero-order valence-corrected chi connectivity index (χ0v) is 21.4. The standard InChI is InChI=1S/C27H30ClN5O4/c1-18-22(32-25(37-18)20-5-3-2-4-6-20)17-23(34)33-27(11-13-29-14-12-27)26(36)31-16-15-30-24(35)19-7-9-21(28)10-8-19/h2-10,29H,11-17H2,1H3,(H,30,35)(H,31,36)(H,33,34). The Morgan fingerprint density at radius 3 is 2.38 bits per heavy atom. The molecule has 4 N–H and O–H groups in total. The van der Waals surface area contributed by atoms with Crippen LogP contribution in [0.1, 0.15) is 34.7 Å². The fourth-order valence-electron chi connectivity index (χ4n) is 4.25. The number of piperidine rings is 1. The van der Waals surface area contributed by atoms with Gasteiger partial charge in [-0.3, -0.25) is 14.4 Å². The third-order valence-corrected chi connectivity index (χ3v) is 6.57. The van der Waals surface area contributed by atoms with Crippen LogP contribution >= 0.6 is 11.6 Å². The second-order valence-electron chi connectivity index (χ2n) is 8.96. The fraction of sp³-hybridized carbons (Fsp3) is 0.333. The number of aromatic nitrogens is 1. The van der Waals surface area contributed by atoms with Gasteiger partial charge < -0.3 is 25.7 Å². The number of oxazole rings is 1. The van der Waals surface area contributed by atoms with Crippen LogP contribution in [-0.2, 0) is 16.0 Å². The maximum Gasteiger partial charge on any atom is 0.251 e. The highest BCUT2D eigenvalue weighted by Crippen LogP contribution is 2.23. The zero-order chi connectivity index (χ0) is 26.3. The molecule has 1 aliphatic heterocycles. The Balaban J connectivity index is 1.33. The highest BCUT2D eigenvalue weighted by atomic mass is 35.5. The highest BCUT2D eigenvalue weighted by molar-refractivity contribution is 6.30. The molecule has 10 heteroatoms. The minimum absolute atomic E-state index is 0.00176. The summed E-state index contributed by atoms with van der Waals surface area (Å²) in [5, 5.41) is 12.4. The number of nitrogens with zero attached hydrogens (tertiary/aromatic N) is 1. The highest BCUT2D eigenvalue weighted by Gasteiger charge is 2.40. The Bertz CT molecular complexity index is 1240. The van der Waals surface area contributed by atoms with E-state index in [0.29, 0.717) is 53.9 Å². The number of hydrogen-bond donors (Lipinski definition) is 4. The Kier molecular flexibility index (Phi) is 8.58. The van der Waals surface area contributed by atoms with Gasteiger partial charge in [0.25, 0.3) is 5.91 Å². The molecule has 1 fully saturated rings. The predicted molar refractivity (Wildman–Crippen MR) is 140 cm³/mol. The van der Waals surface area contributed by atoms with Crippen LogP contribution in [0.4, 0.5) is 0 Å². The van der Waals surface area contributed by atoms with Gasteiger partial charge in [0.15, 0.2) is 0 Å². The molecular weight excluding hydrogens is 494 g/mol. The Hall–Kier alpha value is -3.69. The average Bonchev–Trinajstić information content (AvgIpc) is 3.27. The molecule has 194 valence electrons. The summed E-state index contributed by atoms with van der Waals surface area (Å²) < 4.78 is 5.77. The van der Waals surface area contributed by atoms with E-state index in [2.05, 4.69) is 26.3 Å². The van der Waals surface area contributed by atoms with E-state index >= 15 is 0 Å². The van der Waals surface area contributed by atoms with E-state index in [1.807, 2.05) is 30.3 Å². The van der Waals surface area contributed by atoms with Crippen molar-refractivity contribution in [2.24, 2.45) is 0 Å². The van der Waals surface area contributed by atoms with Crippen molar-refractivity contribution < 1.29 is 18.8 Å². The van der Waals surface area contributed by atoms with Crippen molar-refractivity contribution in [1.82, 2.24) is 26.3 Å². The van der Waals surface area contributed by atoms with E-state index in [1.165, 1.54) is 0 Å². The molecule has 3 amide bonds. The number of hydrogen-bond acceptors (Lipinski definition) is 6. The summed E-state index contributed by atoms with van der Waals surface area (Å²) in [6.45, 7) is 3.44. The number of carbonyl (C=O) groups is 3. The third-order valence-electron chi connectivity index (χ3n) is 6.31. The lowest BCUT2D eigenvalue weighted by Crippen LogP contribution is -2.63. The lowest BCUT2D eigenvalue weighted by Gasteiger charge is -2.37. The van der Waals surface area contributed by atoms with Crippen molar-refractivity contribution in [2.75, 3.05) is 26.2 Å². The molecule has 9 nitrogen and oxygen atoms in total. The van der Waals surface area contributed by atoms with Gasteiger partial charge in [-0.25, -0.2) is 4.98 Å². The maximum atomic E-state index is 13.2. The van der Waals surface area contributed by atoms with Crippen LogP contribution in [0.2, 0.25) is 5.02 Å². The molecule has 1 saturated heterocycles. The molecule has 1 aromatic heterocycles. The molecule has 3 aromatic rings. The van der Waals surface area contributed by atoms with Gasteiger partial charge in [-0.1, -0.05) is 29.8 Å². The SMILES string of the molecule is Cc1oc(-c2ccccc2)nc1CC(=O)NC1(C(=O)NCCNC(=O)c2ccc(Cl)cc2)CCNCC1. The Morgan fingerprint density at radius 2 is 1.68 bits per heavy atom. The third kappa shape index (κ3) is 6.75. The summed E-state index contributed by atoms with van der Waals surface area (Å²) in [6.07, 6.45) is 0.908. The fourth-order valence-corrected chi connectivity index (χ4v) is 4.37. The van der Waals surface area contributed by atoms with Gasteiger partial charge in [-0.2, -0.15) is 0 Å². The number of rotatable bonds is 9. The van der Waals surface area contributed by atoms with E-state index in [9.17, 15) is 14.4 Å². The largest absolute Gasteiger partial charge is 0.441 e. The monoisotopic (exact) mass is 523 g/mol. The predicted octanol–water partition coefficient (Wildman–Crippen LogP) is 2.63. The summed E-state index contributed by atoms with van der Waals surface area (Å²) in [7, 11) is 0. The summed E-state index contributed by atoms with van der Waals surface area (Å²) >= 11 is 5.86. The molecule has 37 heavy (non-hydrogen) atoms. The van der Waals surface area contributed by atoms with Crippen molar-refractivity contribution in [3.63, 3.8) is 0 Å². The first kappa shape index (κ1) is 26.4. The quantitative estimate of drug-likeness (QED) is 0.319. The van der Waals surface area contributed by atoms with Crippen molar-refractivity contribution >= 4 is 29.3 Å². The van der Waals surface area contributed by atoms with Gasteiger partial charge in [-0.05, 0) is 69.3 Å². The molecule has 2 aromatic carbocycles. The van der Waals surface area contributed by atoms with Crippen LogP contribution in [0, 0.1) is 6.92 Å². The van der Waals surface area contributed by atoms with Crippen LogP contribution in [0.15, 0.2) is 59.0 Å². The number of halogens is 1. The average molecular weight is 524 g/mol. The number of benzene rings is 2. The molecule has 4 rings (SSSR count). The first-order valence-electron chi connectivity index (χ1n) is 12.2. The lowest BCUT2D eigenvalue weighted by molar-refractivity contribution is -0.134. The van der Waals surface area contributed by atoms with Crippen molar-refractivity contribution in [2.45, 2.75) is 31.7 Å². The molecule has 0 bridgehead atoms. The molecule has 0 spiro atoms. The van der Waals surface area contributed by atoms with Crippen LogP contribution < -0.4 is 21.3 Å². The smallest absolute Gasteiger partial charge is 0.251 e. The second kappa shape index (κ2) is 12.0. The maximum absolute atomic E-state index is 13.2. The topological polar surface area (TPSA) is 125 Å². The molecule has 0 radical (unpaired) electrons. The van der Waals surface area contributed by atoms with E-state index < -0.39 is 5.54 Å². The van der Waals surface area contributed by atoms with E-state index in [0.717, 1.165) is 5.56 Å². The van der Waals surface area contributed by atoms with Gasteiger partial charge in [0, 0.05) is 29.2 Å². The molecule has 0 saturated carbocycles.